The molecule has 12 heavy (non-hydrogen) atoms. The van der Waals surface area contributed by atoms with E-state index >= 15 is 0 Å². The van der Waals surface area contributed by atoms with Crippen molar-refractivity contribution < 1.29 is 0 Å². The maximum atomic E-state index is 6.06. The first-order valence-electron chi connectivity index (χ1n) is 4.48. The zero-order valence-corrected chi connectivity index (χ0v) is 11.3. The van der Waals surface area contributed by atoms with Crippen molar-refractivity contribution in [3.63, 3.8) is 0 Å². The van der Waals surface area contributed by atoms with E-state index in [2.05, 4.69) is 27.7 Å². The highest BCUT2D eigenvalue weighted by Crippen LogP contribution is 2.32. The van der Waals surface area contributed by atoms with Crippen LogP contribution in [0.15, 0.2) is 0 Å². The van der Waals surface area contributed by atoms with E-state index in [1.165, 1.54) is 6.42 Å². The fraction of sp³-hybridized carbons (Fsp3) is 1.00. The summed E-state index contributed by atoms with van der Waals surface area (Å²) < 4.78 is 0. The normalized spacial score (nSPS) is 16.2. The lowest BCUT2D eigenvalue weighted by Crippen LogP contribution is -2.20. The summed E-state index contributed by atoms with van der Waals surface area (Å²) in [5.41, 5.74) is 0.396. The largest absolute Gasteiger partial charge is 0.248 e. The van der Waals surface area contributed by atoms with Crippen LogP contribution >= 0.6 is 22.2 Å². The summed E-state index contributed by atoms with van der Waals surface area (Å²) in [6.07, 6.45) is 1.20. The Labute approximate surface area is 87.1 Å². The topological polar surface area (TPSA) is 0 Å². The molecule has 0 heterocycles. The quantitative estimate of drug-likeness (QED) is 0.488. The van der Waals surface area contributed by atoms with Gasteiger partial charge >= 0.3 is 0 Å². The van der Waals surface area contributed by atoms with Crippen molar-refractivity contribution in [3.05, 3.63) is 0 Å². The molecule has 0 aromatic rings. The second kappa shape index (κ2) is 4.34. The highest BCUT2D eigenvalue weighted by molar-refractivity contribution is 7.44. The average Bonchev–Trinajstić information content (AvgIpc) is 1.49. The molecule has 0 saturated carbocycles. The number of rotatable bonds is 3. The first-order chi connectivity index (χ1) is 5.10. The molecule has 1 unspecified atom stereocenters. The minimum absolute atomic E-state index is 0.396. The van der Waals surface area contributed by atoms with Crippen LogP contribution in [0.25, 0.3) is 0 Å². The smallest absolute Gasteiger partial charge is 0.146 e. The predicted octanol–water partition coefficient (Wildman–Crippen LogP) is 4.61. The van der Waals surface area contributed by atoms with Crippen molar-refractivity contribution in [1.82, 2.24) is 0 Å². The summed E-state index contributed by atoms with van der Waals surface area (Å²) in [4.78, 5) is 0. The minimum Gasteiger partial charge on any atom is -0.146 e. The molecule has 74 valence electrons. The van der Waals surface area contributed by atoms with Crippen LogP contribution in [0.5, 0.6) is 0 Å². The second-order valence-electron chi connectivity index (χ2n) is 5.14. The van der Waals surface area contributed by atoms with Crippen molar-refractivity contribution >= 4 is 28.9 Å². The molecule has 0 nitrogen and oxygen atoms in total. The third-order valence-electron chi connectivity index (χ3n) is 1.67. The average molecular weight is 227 g/mol. The fourth-order valence-corrected chi connectivity index (χ4v) is 4.68. The van der Waals surface area contributed by atoms with Gasteiger partial charge in [0.2, 0.25) is 6.69 Å². The molecule has 0 amide bonds. The lowest BCUT2D eigenvalue weighted by Gasteiger charge is -2.25. The summed E-state index contributed by atoms with van der Waals surface area (Å²) in [6, 6.07) is 1.01. The lowest BCUT2D eigenvalue weighted by atomic mass is 9.86. The Bertz CT molecular complexity index is 116. The van der Waals surface area contributed by atoms with E-state index in [0.717, 1.165) is 6.04 Å². The van der Waals surface area contributed by atoms with Crippen LogP contribution < -0.4 is 0 Å². The summed E-state index contributed by atoms with van der Waals surface area (Å²) in [5.74, 6) is 0.650. The van der Waals surface area contributed by atoms with Crippen LogP contribution in [0.2, 0.25) is 12.6 Å². The Hall–Kier alpha value is 0.797. The van der Waals surface area contributed by atoms with Gasteiger partial charge in [0, 0.05) is 0 Å². The highest BCUT2D eigenvalue weighted by atomic mass is 35.7. The Balaban J connectivity index is 3.83. The van der Waals surface area contributed by atoms with Gasteiger partial charge in [0.25, 0.3) is 0 Å². The maximum Gasteiger partial charge on any atom is 0.248 e. The Morgan fingerprint density at radius 2 is 1.67 bits per heavy atom. The van der Waals surface area contributed by atoms with Crippen LogP contribution in [0.1, 0.15) is 34.1 Å². The molecule has 0 aromatic carbocycles. The Morgan fingerprint density at radius 1 is 1.25 bits per heavy atom. The molecule has 0 rings (SSSR count). The SMILES string of the molecule is CC(CC(C)(C)C)C[Si](C)(Cl)Cl. The molecule has 0 saturated heterocycles. The number of halogens is 2. The van der Waals surface area contributed by atoms with E-state index < -0.39 is 6.69 Å². The lowest BCUT2D eigenvalue weighted by molar-refractivity contribution is 0.320. The van der Waals surface area contributed by atoms with Crippen molar-refractivity contribution in [2.45, 2.75) is 46.7 Å². The van der Waals surface area contributed by atoms with E-state index in [1.807, 2.05) is 6.55 Å². The molecule has 0 aliphatic carbocycles. The summed E-state index contributed by atoms with van der Waals surface area (Å²) in [6.45, 7) is 9.12. The van der Waals surface area contributed by atoms with Gasteiger partial charge in [-0.2, -0.15) is 0 Å². The van der Waals surface area contributed by atoms with Crippen LogP contribution in [0.3, 0.4) is 0 Å². The third-order valence-corrected chi connectivity index (χ3v) is 4.01. The van der Waals surface area contributed by atoms with Gasteiger partial charge in [0.1, 0.15) is 0 Å². The van der Waals surface area contributed by atoms with Crippen LogP contribution in [-0.2, 0) is 0 Å². The second-order valence-corrected chi connectivity index (χ2v) is 13.3. The predicted molar refractivity (Wildman–Crippen MR) is 61.4 cm³/mol. The molecule has 0 aliphatic heterocycles. The van der Waals surface area contributed by atoms with Crippen LogP contribution in [0, 0.1) is 11.3 Å². The Kier molecular flexibility index (Phi) is 4.63. The van der Waals surface area contributed by atoms with E-state index in [0.29, 0.717) is 11.3 Å². The van der Waals surface area contributed by atoms with E-state index in [-0.39, 0.29) is 0 Å². The van der Waals surface area contributed by atoms with Gasteiger partial charge in [-0.3, -0.25) is 0 Å². The van der Waals surface area contributed by atoms with Crippen molar-refractivity contribution in [1.29, 1.82) is 0 Å². The Morgan fingerprint density at radius 3 is 1.92 bits per heavy atom. The number of hydrogen-bond donors (Lipinski definition) is 0. The molecular weight excluding hydrogens is 207 g/mol. The van der Waals surface area contributed by atoms with E-state index in [9.17, 15) is 0 Å². The molecule has 0 N–H and O–H groups in total. The molecule has 0 bridgehead atoms. The first-order valence-corrected chi connectivity index (χ1v) is 9.21. The molecule has 0 radical (unpaired) electrons. The molecule has 0 fully saturated rings. The molecular formula is C9H20Cl2Si. The van der Waals surface area contributed by atoms with Gasteiger partial charge in [0.15, 0.2) is 0 Å². The summed E-state index contributed by atoms with van der Waals surface area (Å²) in [7, 11) is 0. The summed E-state index contributed by atoms with van der Waals surface area (Å²) >= 11 is 12.1. The van der Waals surface area contributed by atoms with Crippen LogP contribution in [0.4, 0.5) is 0 Å². The zero-order valence-electron chi connectivity index (χ0n) is 8.75. The maximum absolute atomic E-state index is 6.06. The van der Waals surface area contributed by atoms with Crippen molar-refractivity contribution in [3.8, 4) is 0 Å². The molecule has 1 atom stereocenters. The number of hydrogen-bond acceptors (Lipinski definition) is 0. The molecule has 0 aromatic heterocycles. The van der Waals surface area contributed by atoms with E-state index in [1.54, 1.807) is 0 Å². The van der Waals surface area contributed by atoms with Crippen LogP contribution in [-0.4, -0.2) is 6.69 Å². The monoisotopic (exact) mass is 226 g/mol. The van der Waals surface area contributed by atoms with Gasteiger partial charge in [0.05, 0.1) is 0 Å². The molecule has 0 spiro atoms. The zero-order chi connectivity index (χ0) is 9.99. The van der Waals surface area contributed by atoms with Gasteiger partial charge in [-0.1, -0.05) is 27.7 Å². The third kappa shape index (κ3) is 8.89. The molecule has 0 aliphatic rings. The molecule has 3 heteroatoms. The van der Waals surface area contributed by atoms with Gasteiger partial charge in [-0.15, -0.1) is 22.2 Å². The van der Waals surface area contributed by atoms with Crippen molar-refractivity contribution in [2.75, 3.05) is 0 Å². The minimum atomic E-state index is -1.88. The summed E-state index contributed by atoms with van der Waals surface area (Å²) in [5, 5.41) is 0. The first kappa shape index (κ1) is 12.8. The standard InChI is InChI=1S/C9H20Cl2Si/c1-8(6-9(2,3)4)7-12(5,10)11/h8H,6-7H2,1-5H3. The van der Waals surface area contributed by atoms with Crippen molar-refractivity contribution in [2.24, 2.45) is 11.3 Å². The highest BCUT2D eigenvalue weighted by Gasteiger charge is 2.26. The van der Waals surface area contributed by atoms with E-state index in [4.69, 9.17) is 22.2 Å². The van der Waals surface area contributed by atoms with Gasteiger partial charge in [-0.25, -0.2) is 0 Å². The fourth-order valence-electron chi connectivity index (χ4n) is 1.73. The van der Waals surface area contributed by atoms with Gasteiger partial charge < -0.3 is 0 Å². The van der Waals surface area contributed by atoms with Gasteiger partial charge in [-0.05, 0) is 30.3 Å².